The van der Waals surface area contributed by atoms with E-state index >= 15 is 0 Å². The maximum Gasteiger partial charge on any atom is 0.220 e. The van der Waals surface area contributed by atoms with Crippen LogP contribution in [0.4, 0.5) is 0 Å². The molecule has 8 heteroatoms. The molecule has 2 rings (SSSR count). The van der Waals surface area contributed by atoms with Gasteiger partial charge in [-0.25, -0.2) is 4.98 Å². The molecule has 2 aromatic rings. The maximum absolute atomic E-state index is 8.72. The molecule has 0 saturated carbocycles. The van der Waals surface area contributed by atoms with Gasteiger partial charge in [0, 0.05) is 23.4 Å². The Labute approximate surface area is 135 Å². The molecule has 0 aliphatic rings. The molecule has 0 aliphatic carbocycles. The Morgan fingerprint density at radius 3 is 2.48 bits per heavy atom. The van der Waals surface area contributed by atoms with Crippen molar-refractivity contribution in [2.75, 3.05) is 0 Å². The van der Waals surface area contributed by atoms with Crippen molar-refractivity contribution >= 4 is 40.6 Å². The minimum atomic E-state index is -0.0504. The number of aromatic nitrogens is 1. The van der Waals surface area contributed by atoms with E-state index in [0.717, 1.165) is 0 Å². The molecule has 1 heterocycles. The summed E-state index contributed by atoms with van der Waals surface area (Å²) in [6, 6.07) is 6.12. The number of rotatable bonds is 3. The van der Waals surface area contributed by atoms with Crippen LogP contribution in [0, 0.1) is 6.92 Å². The molecule has 1 aromatic carbocycles. The van der Waals surface area contributed by atoms with Crippen LogP contribution in [0.3, 0.4) is 0 Å². The van der Waals surface area contributed by atoms with E-state index in [1.54, 1.807) is 13.0 Å². The van der Waals surface area contributed by atoms with Crippen molar-refractivity contribution in [1.82, 2.24) is 4.98 Å². The van der Waals surface area contributed by atoms with Gasteiger partial charge >= 0.3 is 0 Å². The van der Waals surface area contributed by atoms with E-state index in [1.165, 1.54) is 18.2 Å². The van der Waals surface area contributed by atoms with Gasteiger partial charge in [-0.05, 0) is 19.1 Å². The zero-order valence-electron chi connectivity index (χ0n) is 10.8. The van der Waals surface area contributed by atoms with Crippen LogP contribution in [0.15, 0.2) is 29.4 Å². The van der Waals surface area contributed by atoms with Crippen LogP contribution in [0.5, 0.6) is 11.6 Å². The minimum Gasteiger partial charge on any atom is -0.437 e. The van der Waals surface area contributed by atoms with Gasteiger partial charge in [0.05, 0.1) is 15.1 Å². The number of nitrogens with two attached hydrogens (primary N) is 1. The van der Waals surface area contributed by atoms with E-state index in [0.29, 0.717) is 27.1 Å². The number of benzene rings is 1. The molecule has 0 amide bonds. The summed E-state index contributed by atoms with van der Waals surface area (Å²) in [5.41, 5.74) is 6.65. The Balaban J connectivity index is 2.40. The van der Waals surface area contributed by atoms with Crippen molar-refractivity contribution in [3.63, 3.8) is 0 Å². The first-order valence-electron chi connectivity index (χ1n) is 5.69. The van der Waals surface area contributed by atoms with Crippen LogP contribution in [0.1, 0.15) is 11.3 Å². The van der Waals surface area contributed by atoms with Crippen LogP contribution >= 0.6 is 34.8 Å². The average molecular weight is 347 g/mol. The van der Waals surface area contributed by atoms with E-state index in [1.807, 2.05) is 0 Å². The molecule has 0 bridgehead atoms. The molecule has 0 spiro atoms. The van der Waals surface area contributed by atoms with Crippen molar-refractivity contribution in [3.05, 3.63) is 50.6 Å². The molecule has 0 aliphatic heterocycles. The second-order valence-corrected chi connectivity index (χ2v) is 5.34. The summed E-state index contributed by atoms with van der Waals surface area (Å²) < 4.78 is 5.58. The smallest absolute Gasteiger partial charge is 0.220 e. The summed E-state index contributed by atoms with van der Waals surface area (Å²) in [4.78, 5) is 4.19. The Hall–Kier alpha value is -1.69. The van der Waals surface area contributed by atoms with Crippen molar-refractivity contribution in [2.24, 2.45) is 10.9 Å². The largest absolute Gasteiger partial charge is 0.437 e. The molecular weight excluding hydrogens is 337 g/mol. The first kappa shape index (κ1) is 15.7. The van der Waals surface area contributed by atoms with Gasteiger partial charge < -0.3 is 15.7 Å². The molecule has 110 valence electrons. The topological polar surface area (TPSA) is 80.7 Å². The van der Waals surface area contributed by atoms with Gasteiger partial charge in [0.1, 0.15) is 5.75 Å². The molecule has 0 atom stereocenters. The lowest BCUT2D eigenvalue weighted by molar-refractivity contribution is 0.318. The first-order chi connectivity index (χ1) is 9.90. The number of oxime groups is 1. The lowest BCUT2D eigenvalue weighted by Crippen LogP contribution is -2.13. The third-order valence-electron chi connectivity index (χ3n) is 2.52. The molecule has 0 radical (unpaired) electrons. The van der Waals surface area contributed by atoms with Gasteiger partial charge in [-0.2, -0.15) is 0 Å². The van der Waals surface area contributed by atoms with Crippen molar-refractivity contribution < 1.29 is 9.94 Å². The first-order valence-corrected chi connectivity index (χ1v) is 6.83. The number of aryl methyl sites for hydroxylation is 1. The quantitative estimate of drug-likeness (QED) is 0.286. The fraction of sp³-hybridized carbons (Fsp3) is 0.0769. The normalized spacial score (nSPS) is 11.5. The van der Waals surface area contributed by atoms with E-state index < -0.39 is 0 Å². The third kappa shape index (κ3) is 3.69. The van der Waals surface area contributed by atoms with E-state index in [4.69, 9.17) is 50.5 Å². The second-order valence-electron chi connectivity index (χ2n) is 4.12. The number of pyridine rings is 1. The minimum absolute atomic E-state index is 0.0504. The van der Waals surface area contributed by atoms with Gasteiger partial charge in [0.15, 0.2) is 5.84 Å². The van der Waals surface area contributed by atoms with Crippen LogP contribution in [0.2, 0.25) is 15.1 Å². The van der Waals surface area contributed by atoms with Crippen molar-refractivity contribution in [3.8, 4) is 11.6 Å². The fourth-order valence-electron chi connectivity index (χ4n) is 1.59. The van der Waals surface area contributed by atoms with Crippen LogP contribution in [-0.4, -0.2) is 16.0 Å². The Kier molecular flexibility index (Phi) is 4.77. The Bertz CT molecular complexity index is 720. The summed E-state index contributed by atoms with van der Waals surface area (Å²) in [6.45, 7) is 1.75. The number of amidine groups is 1. The number of halogens is 3. The third-order valence-corrected chi connectivity index (χ3v) is 3.54. The molecule has 0 fully saturated rings. The summed E-state index contributed by atoms with van der Waals surface area (Å²) >= 11 is 17.8. The van der Waals surface area contributed by atoms with Gasteiger partial charge in [-0.3, -0.25) is 0 Å². The molecule has 21 heavy (non-hydrogen) atoms. The van der Waals surface area contributed by atoms with Crippen LogP contribution in [0.25, 0.3) is 0 Å². The Morgan fingerprint density at radius 1 is 1.14 bits per heavy atom. The zero-order chi connectivity index (χ0) is 15.6. The van der Waals surface area contributed by atoms with E-state index in [9.17, 15) is 0 Å². The average Bonchev–Trinajstić information content (AvgIpc) is 2.43. The summed E-state index contributed by atoms with van der Waals surface area (Å²) in [7, 11) is 0. The predicted molar refractivity (Wildman–Crippen MR) is 83.0 cm³/mol. The van der Waals surface area contributed by atoms with Gasteiger partial charge in [-0.1, -0.05) is 40.0 Å². The second kappa shape index (κ2) is 6.39. The Morgan fingerprint density at radius 2 is 1.81 bits per heavy atom. The molecule has 5 nitrogen and oxygen atoms in total. The summed E-state index contributed by atoms with van der Waals surface area (Å²) in [6.07, 6.45) is 0. The van der Waals surface area contributed by atoms with Crippen LogP contribution < -0.4 is 10.5 Å². The maximum atomic E-state index is 8.72. The SMILES string of the molecule is Cc1cc(/C(N)=N/O)cc(Oc2cc(Cl)c(Cl)cc2Cl)n1. The molecule has 1 aromatic heterocycles. The number of hydrogen-bond acceptors (Lipinski definition) is 4. The summed E-state index contributed by atoms with van der Waals surface area (Å²) in [5.74, 6) is 0.483. The monoisotopic (exact) mass is 345 g/mol. The van der Waals surface area contributed by atoms with Gasteiger partial charge in [0.25, 0.3) is 0 Å². The summed E-state index contributed by atoms with van der Waals surface area (Å²) in [5, 5.41) is 12.6. The number of hydrogen-bond donors (Lipinski definition) is 2. The predicted octanol–water partition coefficient (Wildman–Crippen LogP) is 4.24. The van der Waals surface area contributed by atoms with Crippen molar-refractivity contribution in [2.45, 2.75) is 6.92 Å². The van der Waals surface area contributed by atoms with E-state index in [2.05, 4.69) is 10.1 Å². The lowest BCUT2D eigenvalue weighted by Gasteiger charge is -2.10. The zero-order valence-corrected chi connectivity index (χ0v) is 13.0. The standard InChI is InChI=1S/C13H10Cl3N3O2/c1-6-2-7(13(17)19-20)3-12(18-6)21-11-5-9(15)8(14)4-10(11)16/h2-5,20H,1H3,(H2,17,19). The van der Waals surface area contributed by atoms with Gasteiger partial charge in [-0.15, -0.1) is 0 Å². The van der Waals surface area contributed by atoms with E-state index in [-0.39, 0.29) is 16.7 Å². The lowest BCUT2D eigenvalue weighted by atomic mass is 10.2. The highest BCUT2D eigenvalue weighted by atomic mass is 35.5. The molecule has 3 N–H and O–H groups in total. The molecule has 0 unspecified atom stereocenters. The highest BCUT2D eigenvalue weighted by Gasteiger charge is 2.11. The molecule has 0 saturated heterocycles. The highest BCUT2D eigenvalue weighted by molar-refractivity contribution is 6.43. The van der Waals surface area contributed by atoms with Crippen LogP contribution in [-0.2, 0) is 0 Å². The highest BCUT2D eigenvalue weighted by Crippen LogP contribution is 2.36. The number of ether oxygens (including phenoxy) is 1. The number of nitrogens with zero attached hydrogens (tertiary/aromatic N) is 2. The van der Waals surface area contributed by atoms with Crippen molar-refractivity contribution in [1.29, 1.82) is 0 Å². The molecular formula is C13H10Cl3N3O2. The fourth-order valence-corrected chi connectivity index (χ4v) is 2.17. The van der Waals surface area contributed by atoms with Gasteiger partial charge in [0.2, 0.25) is 5.88 Å².